The molecular formula is C26H22N2O2. The molecule has 0 N–H and O–H groups in total. The van der Waals surface area contributed by atoms with Gasteiger partial charge in [0.2, 0.25) is 11.8 Å². The number of imide groups is 1. The van der Waals surface area contributed by atoms with Crippen molar-refractivity contribution in [1.82, 2.24) is 4.57 Å². The van der Waals surface area contributed by atoms with Crippen molar-refractivity contribution in [2.75, 3.05) is 4.90 Å². The maximum Gasteiger partial charge on any atom is 0.241 e. The van der Waals surface area contributed by atoms with E-state index in [1.165, 1.54) is 10.5 Å². The van der Waals surface area contributed by atoms with Crippen LogP contribution in [-0.4, -0.2) is 16.4 Å². The van der Waals surface area contributed by atoms with Crippen LogP contribution in [0, 0.1) is 6.92 Å². The first-order chi connectivity index (χ1) is 14.6. The van der Waals surface area contributed by atoms with Gasteiger partial charge in [0, 0.05) is 30.1 Å². The van der Waals surface area contributed by atoms with Gasteiger partial charge in [-0.3, -0.25) is 9.59 Å². The molecule has 148 valence electrons. The second-order valence-corrected chi connectivity index (χ2v) is 7.83. The highest BCUT2D eigenvalue weighted by Crippen LogP contribution is 2.38. The summed E-state index contributed by atoms with van der Waals surface area (Å²) < 4.78 is 2.17. The smallest absolute Gasteiger partial charge is 0.241 e. The van der Waals surface area contributed by atoms with Crippen molar-refractivity contribution in [2.45, 2.75) is 25.8 Å². The quantitative estimate of drug-likeness (QED) is 0.455. The van der Waals surface area contributed by atoms with Gasteiger partial charge in [-0.2, -0.15) is 0 Å². The van der Waals surface area contributed by atoms with Crippen LogP contribution in [0.1, 0.15) is 29.0 Å². The zero-order chi connectivity index (χ0) is 20.7. The van der Waals surface area contributed by atoms with E-state index in [1.54, 1.807) is 0 Å². The molecule has 0 saturated carbocycles. The summed E-state index contributed by atoms with van der Waals surface area (Å²) in [5, 5.41) is 1.03. The molecule has 1 saturated heterocycles. The number of hydrogen-bond donors (Lipinski definition) is 0. The summed E-state index contributed by atoms with van der Waals surface area (Å²) in [7, 11) is 0. The maximum absolute atomic E-state index is 13.4. The molecule has 1 atom stereocenters. The summed E-state index contributed by atoms with van der Waals surface area (Å²) in [5.41, 5.74) is 4.80. The molecule has 4 heteroatoms. The van der Waals surface area contributed by atoms with Gasteiger partial charge in [0.25, 0.3) is 0 Å². The number of aromatic nitrogens is 1. The predicted octanol–water partition coefficient (Wildman–Crippen LogP) is 5.05. The molecule has 1 aliphatic heterocycles. The second-order valence-electron chi connectivity index (χ2n) is 7.83. The molecular weight excluding hydrogens is 372 g/mol. The Morgan fingerprint density at radius 2 is 1.57 bits per heavy atom. The van der Waals surface area contributed by atoms with Gasteiger partial charge in [-0.15, -0.1) is 0 Å². The first kappa shape index (κ1) is 18.4. The molecule has 3 aromatic carbocycles. The highest BCUT2D eigenvalue weighted by Gasteiger charge is 2.42. The fourth-order valence-corrected chi connectivity index (χ4v) is 4.41. The van der Waals surface area contributed by atoms with Gasteiger partial charge in [-0.1, -0.05) is 66.7 Å². The number of nitrogens with zero attached hydrogens (tertiary/aromatic N) is 2. The normalized spacial score (nSPS) is 16.6. The fourth-order valence-electron chi connectivity index (χ4n) is 4.41. The summed E-state index contributed by atoms with van der Waals surface area (Å²) in [5.74, 6) is -0.741. The Hall–Kier alpha value is -3.66. The Labute approximate surface area is 175 Å². The molecule has 1 aliphatic rings. The van der Waals surface area contributed by atoms with Gasteiger partial charge in [0.15, 0.2) is 0 Å². The first-order valence-electron chi connectivity index (χ1n) is 10.2. The lowest BCUT2D eigenvalue weighted by molar-refractivity contribution is -0.121. The molecule has 0 spiro atoms. The Balaban J connectivity index is 1.56. The molecule has 0 aliphatic carbocycles. The van der Waals surface area contributed by atoms with Crippen LogP contribution >= 0.6 is 0 Å². The molecule has 30 heavy (non-hydrogen) atoms. The molecule has 0 bridgehead atoms. The predicted molar refractivity (Wildman–Crippen MR) is 119 cm³/mol. The number of amides is 2. The van der Waals surface area contributed by atoms with Gasteiger partial charge < -0.3 is 4.57 Å². The van der Waals surface area contributed by atoms with Gasteiger partial charge in [0.05, 0.1) is 11.6 Å². The molecule has 5 rings (SSSR count). The van der Waals surface area contributed by atoms with E-state index in [4.69, 9.17) is 0 Å². The van der Waals surface area contributed by atoms with E-state index >= 15 is 0 Å². The third-order valence-corrected chi connectivity index (χ3v) is 5.89. The summed E-state index contributed by atoms with van der Waals surface area (Å²) in [4.78, 5) is 27.6. The largest absolute Gasteiger partial charge is 0.343 e. The summed E-state index contributed by atoms with van der Waals surface area (Å²) in [6.07, 6.45) is 2.25. The molecule has 1 aromatic heterocycles. The Morgan fingerprint density at radius 1 is 0.867 bits per heavy atom. The van der Waals surface area contributed by atoms with Crippen molar-refractivity contribution in [3.63, 3.8) is 0 Å². The summed E-state index contributed by atoms with van der Waals surface area (Å²) >= 11 is 0. The Kier molecular flexibility index (Phi) is 4.47. The lowest BCUT2D eigenvalue weighted by atomic mass is 9.97. The van der Waals surface area contributed by atoms with Crippen molar-refractivity contribution in [3.05, 3.63) is 102 Å². The minimum absolute atomic E-state index is 0.140. The number of aryl methyl sites for hydroxylation is 1. The molecule has 2 amide bonds. The van der Waals surface area contributed by atoms with Gasteiger partial charge in [0.1, 0.15) is 0 Å². The van der Waals surface area contributed by atoms with E-state index in [0.29, 0.717) is 5.69 Å². The fraction of sp³-hybridized carbons (Fsp3) is 0.154. The summed E-state index contributed by atoms with van der Waals surface area (Å²) in [6, 6.07) is 25.9. The number of carbonyl (C=O) groups is 2. The van der Waals surface area contributed by atoms with Crippen molar-refractivity contribution in [1.29, 1.82) is 0 Å². The standard InChI is InChI=1S/C26H22N2O2/c1-18-9-5-7-13-23(18)28-25(29)15-21(26(28)30)22-17-27(16-19-10-3-2-4-11-19)24-14-8-6-12-20(22)24/h2-14,17,21H,15-16H2,1H3. The van der Waals surface area contributed by atoms with Gasteiger partial charge >= 0.3 is 0 Å². The number of carbonyl (C=O) groups excluding carboxylic acids is 2. The van der Waals surface area contributed by atoms with Crippen molar-refractivity contribution < 1.29 is 9.59 Å². The van der Waals surface area contributed by atoms with Crippen LogP contribution in [0.15, 0.2) is 85.1 Å². The van der Waals surface area contributed by atoms with Crippen molar-refractivity contribution >= 4 is 28.4 Å². The number of anilines is 1. The van der Waals surface area contributed by atoms with E-state index in [0.717, 1.165) is 28.6 Å². The molecule has 2 heterocycles. The molecule has 4 nitrogen and oxygen atoms in total. The van der Waals surface area contributed by atoms with E-state index in [-0.39, 0.29) is 18.2 Å². The van der Waals surface area contributed by atoms with Gasteiger partial charge in [-0.25, -0.2) is 4.90 Å². The third kappa shape index (κ3) is 3.01. The number of fused-ring (bicyclic) bond motifs is 1. The number of benzene rings is 3. The second kappa shape index (κ2) is 7.30. The van der Waals surface area contributed by atoms with E-state index in [1.807, 2.05) is 67.6 Å². The SMILES string of the molecule is Cc1ccccc1N1C(=O)CC(c2cn(Cc3ccccc3)c3ccccc23)C1=O. The number of rotatable bonds is 4. The minimum atomic E-state index is -0.459. The van der Waals surface area contributed by atoms with Crippen molar-refractivity contribution in [2.24, 2.45) is 0 Å². The highest BCUT2D eigenvalue weighted by atomic mass is 16.2. The maximum atomic E-state index is 13.4. The zero-order valence-corrected chi connectivity index (χ0v) is 16.8. The Morgan fingerprint density at radius 3 is 2.37 bits per heavy atom. The van der Waals surface area contributed by atoms with Crippen LogP contribution in [0.2, 0.25) is 0 Å². The topological polar surface area (TPSA) is 42.3 Å². The van der Waals surface area contributed by atoms with Crippen LogP contribution in [0.3, 0.4) is 0 Å². The van der Waals surface area contributed by atoms with E-state index in [2.05, 4.69) is 29.0 Å². The summed E-state index contributed by atoms with van der Waals surface area (Å²) in [6.45, 7) is 2.65. The average Bonchev–Trinajstić information content (AvgIpc) is 3.26. The van der Waals surface area contributed by atoms with Crippen LogP contribution in [-0.2, 0) is 16.1 Å². The van der Waals surface area contributed by atoms with E-state index < -0.39 is 5.92 Å². The number of hydrogen-bond acceptors (Lipinski definition) is 2. The third-order valence-electron chi connectivity index (χ3n) is 5.89. The Bertz CT molecular complexity index is 1260. The van der Waals surface area contributed by atoms with Crippen molar-refractivity contribution in [3.8, 4) is 0 Å². The molecule has 1 unspecified atom stereocenters. The lowest BCUT2D eigenvalue weighted by Crippen LogP contribution is -2.30. The van der Waals surface area contributed by atoms with Crippen LogP contribution < -0.4 is 4.90 Å². The van der Waals surface area contributed by atoms with Crippen LogP contribution in [0.25, 0.3) is 10.9 Å². The number of para-hydroxylation sites is 2. The first-order valence-corrected chi connectivity index (χ1v) is 10.2. The molecule has 4 aromatic rings. The monoisotopic (exact) mass is 394 g/mol. The minimum Gasteiger partial charge on any atom is -0.343 e. The van der Waals surface area contributed by atoms with Crippen LogP contribution in [0.4, 0.5) is 5.69 Å². The average molecular weight is 394 g/mol. The molecule has 1 fully saturated rings. The molecule has 0 radical (unpaired) electrons. The zero-order valence-electron chi connectivity index (χ0n) is 16.8. The van der Waals surface area contributed by atoms with Gasteiger partial charge in [-0.05, 0) is 35.7 Å². The van der Waals surface area contributed by atoms with Crippen LogP contribution in [0.5, 0.6) is 0 Å². The highest BCUT2D eigenvalue weighted by molar-refractivity contribution is 6.23. The lowest BCUT2D eigenvalue weighted by Gasteiger charge is -2.17. The van der Waals surface area contributed by atoms with E-state index in [9.17, 15) is 9.59 Å².